The van der Waals surface area contributed by atoms with Gasteiger partial charge in [-0.2, -0.15) is 25.3 Å². The molecule has 0 saturated carbocycles. The third-order valence-corrected chi connectivity index (χ3v) is 2.92. The van der Waals surface area contributed by atoms with Gasteiger partial charge in [0.25, 0.3) is 0 Å². The number of hydrogen-bond acceptors (Lipinski definition) is 4. The molecule has 16 heavy (non-hydrogen) atoms. The zero-order valence-electron chi connectivity index (χ0n) is 9.69. The van der Waals surface area contributed by atoms with Gasteiger partial charge in [-0.1, -0.05) is 13.8 Å². The maximum atomic E-state index is 11.2. The molecule has 0 spiro atoms. The van der Waals surface area contributed by atoms with E-state index < -0.39 is 0 Å². The van der Waals surface area contributed by atoms with Gasteiger partial charge in [0.1, 0.15) is 0 Å². The minimum Gasteiger partial charge on any atom is -0.351 e. The summed E-state index contributed by atoms with van der Waals surface area (Å²) >= 11 is 7.81. The minimum atomic E-state index is -0.117. The number of nitrogens with one attached hydrogen (secondary N) is 2. The molecule has 0 fully saturated rings. The molecule has 2 N–H and O–H groups in total. The molecule has 0 aliphatic carbocycles. The van der Waals surface area contributed by atoms with E-state index in [1.807, 2.05) is 13.8 Å². The van der Waals surface area contributed by atoms with E-state index in [9.17, 15) is 9.59 Å². The Labute approximate surface area is 108 Å². The van der Waals surface area contributed by atoms with Crippen LogP contribution in [-0.4, -0.2) is 35.4 Å². The fourth-order valence-corrected chi connectivity index (χ4v) is 1.66. The Morgan fingerprint density at radius 3 is 1.44 bits per heavy atom. The molecule has 0 heterocycles. The van der Waals surface area contributed by atoms with Crippen LogP contribution in [0, 0.1) is 0 Å². The fraction of sp³-hybridized carbons (Fsp3) is 0.800. The average molecular weight is 264 g/mol. The van der Waals surface area contributed by atoms with Gasteiger partial charge in [-0.15, -0.1) is 0 Å². The van der Waals surface area contributed by atoms with Crippen molar-refractivity contribution in [2.75, 3.05) is 11.5 Å². The first-order valence-corrected chi connectivity index (χ1v) is 6.65. The van der Waals surface area contributed by atoms with E-state index >= 15 is 0 Å². The summed E-state index contributed by atoms with van der Waals surface area (Å²) in [7, 11) is 0. The molecule has 2 amide bonds. The lowest BCUT2D eigenvalue weighted by Crippen LogP contribution is -2.51. The molecule has 0 aromatic heterocycles. The normalized spacial score (nSPS) is 14.0. The van der Waals surface area contributed by atoms with Gasteiger partial charge in [-0.25, -0.2) is 0 Å². The Hall–Kier alpha value is -0.360. The van der Waals surface area contributed by atoms with Gasteiger partial charge < -0.3 is 10.6 Å². The summed E-state index contributed by atoms with van der Waals surface area (Å²) in [6.45, 7) is 3.94. The smallest absolute Gasteiger partial charge is 0.230 e. The third kappa shape index (κ3) is 5.65. The number of thiol groups is 2. The van der Waals surface area contributed by atoms with E-state index in [-0.39, 0.29) is 35.4 Å². The van der Waals surface area contributed by atoms with Gasteiger partial charge in [0.2, 0.25) is 11.8 Å². The molecule has 1 unspecified atom stereocenters. The van der Waals surface area contributed by atoms with Crippen molar-refractivity contribution in [2.45, 2.75) is 38.8 Å². The molecule has 0 rings (SSSR count). The van der Waals surface area contributed by atoms with Gasteiger partial charge in [-0.3, -0.25) is 9.59 Å². The number of rotatable bonds is 7. The van der Waals surface area contributed by atoms with Crippen molar-refractivity contribution < 1.29 is 9.59 Å². The SMILES string of the molecule is CCC(NC(=O)CS)[C@@H](CC)NC(=O)CS. The summed E-state index contributed by atoms with van der Waals surface area (Å²) in [5.74, 6) is 0.0865. The first-order valence-electron chi connectivity index (χ1n) is 5.39. The standard InChI is InChI=1S/C10H20N2O2S2/c1-3-7(11-9(13)5-15)8(4-2)12-10(14)6-16/h7-8,15-16H,3-6H2,1-2H3,(H,11,13)(H,12,14)/t7-,8?/m1/s1. The second kappa shape index (κ2) is 8.75. The highest BCUT2D eigenvalue weighted by Crippen LogP contribution is 2.04. The van der Waals surface area contributed by atoms with Crippen LogP contribution in [0.1, 0.15) is 26.7 Å². The summed E-state index contributed by atoms with van der Waals surface area (Å²) in [4.78, 5) is 22.5. The van der Waals surface area contributed by atoms with Crippen molar-refractivity contribution in [3.63, 3.8) is 0 Å². The van der Waals surface area contributed by atoms with Crippen LogP contribution in [-0.2, 0) is 9.59 Å². The van der Waals surface area contributed by atoms with Crippen molar-refractivity contribution in [2.24, 2.45) is 0 Å². The quantitative estimate of drug-likeness (QED) is 0.510. The van der Waals surface area contributed by atoms with Crippen molar-refractivity contribution in [1.82, 2.24) is 10.6 Å². The molecular formula is C10H20N2O2S2. The predicted molar refractivity (Wildman–Crippen MR) is 72.1 cm³/mol. The van der Waals surface area contributed by atoms with Crippen LogP contribution in [0.25, 0.3) is 0 Å². The highest BCUT2D eigenvalue weighted by molar-refractivity contribution is 7.81. The van der Waals surface area contributed by atoms with E-state index in [1.54, 1.807) is 0 Å². The Morgan fingerprint density at radius 2 is 1.25 bits per heavy atom. The largest absolute Gasteiger partial charge is 0.351 e. The van der Waals surface area contributed by atoms with Crippen LogP contribution in [0.15, 0.2) is 0 Å². The number of carbonyl (C=O) groups excluding carboxylic acids is 2. The van der Waals surface area contributed by atoms with Crippen molar-refractivity contribution >= 4 is 37.1 Å². The average Bonchev–Trinajstić information content (AvgIpc) is 2.32. The molecule has 6 heteroatoms. The minimum absolute atomic E-state index is 0.0477. The Bertz CT molecular complexity index is 213. The second-order valence-corrected chi connectivity index (χ2v) is 4.11. The maximum Gasteiger partial charge on any atom is 0.230 e. The number of carbonyl (C=O) groups is 2. The van der Waals surface area contributed by atoms with Gasteiger partial charge in [0.15, 0.2) is 0 Å². The molecule has 0 aliphatic rings. The lowest BCUT2D eigenvalue weighted by molar-refractivity contribution is -0.122. The Balaban J connectivity index is 4.37. The molecule has 4 nitrogen and oxygen atoms in total. The second-order valence-electron chi connectivity index (χ2n) is 3.48. The zero-order chi connectivity index (χ0) is 12.6. The van der Waals surface area contributed by atoms with Crippen LogP contribution in [0.3, 0.4) is 0 Å². The lowest BCUT2D eigenvalue weighted by Gasteiger charge is -2.26. The van der Waals surface area contributed by atoms with E-state index in [2.05, 4.69) is 35.9 Å². The van der Waals surface area contributed by atoms with Crippen LogP contribution < -0.4 is 10.6 Å². The molecule has 0 aliphatic heterocycles. The van der Waals surface area contributed by atoms with Gasteiger partial charge >= 0.3 is 0 Å². The Morgan fingerprint density at radius 1 is 0.938 bits per heavy atom. The molecule has 0 aromatic carbocycles. The first kappa shape index (κ1) is 15.6. The number of amides is 2. The summed E-state index contributed by atoms with van der Waals surface area (Å²) in [5, 5.41) is 5.68. The van der Waals surface area contributed by atoms with Crippen LogP contribution >= 0.6 is 25.3 Å². The molecule has 0 saturated heterocycles. The number of hydrogen-bond donors (Lipinski definition) is 4. The van der Waals surface area contributed by atoms with Crippen molar-refractivity contribution in [3.8, 4) is 0 Å². The topological polar surface area (TPSA) is 58.2 Å². The summed E-state index contributed by atoms with van der Waals surface area (Å²) in [6.07, 6.45) is 1.54. The highest BCUT2D eigenvalue weighted by atomic mass is 32.1. The summed E-state index contributed by atoms with van der Waals surface area (Å²) < 4.78 is 0. The molecular weight excluding hydrogens is 244 g/mol. The lowest BCUT2D eigenvalue weighted by atomic mass is 10.0. The first-order chi connectivity index (χ1) is 7.58. The molecule has 0 aromatic rings. The van der Waals surface area contributed by atoms with E-state index in [0.717, 1.165) is 12.8 Å². The third-order valence-electron chi connectivity index (χ3n) is 2.35. The fourth-order valence-electron chi connectivity index (χ4n) is 1.48. The van der Waals surface area contributed by atoms with Crippen molar-refractivity contribution in [1.29, 1.82) is 0 Å². The molecule has 0 radical (unpaired) electrons. The van der Waals surface area contributed by atoms with Gasteiger partial charge in [0, 0.05) is 12.1 Å². The van der Waals surface area contributed by atoms with E-state index in [4.69, 9.17) is 0 Å². The Kier molecular flexibility index (Phi) is 8.56. The zero-order valence-corrected chi connectivity index (χ0v) is 11.5. The summed E-state index contributed by atoms with van der Waals surface area (Å²) in [6, 6.07) is -0.0954. The molecule has 0 bridgehead atoms. The monoisotopic (exact) mass is 264 g/mol. The summed E-state index contributed by atoms with van der Waals surface area (Å²) in [5.41, 5.74) is 0. The van der Waals surface area contributed by atoms with Crippen molar-refractivity contribution in [3.05, 3.63) is 0 Å². The van der Waals surface area contributed by atoms with Gasteiger partial charge in [0.05, 0.1) is 11.5 Å². The maximum absolute atomic E-state index is 11.2. The highest BCUT2D eigenvalue weighted by Gasteiger charge is 2.20. The predicted octanol–water partition coefficient (Wildman–Crippen LogP) is 0.636. The van der Waals surface area contributed by atoms with Crippen LogP contribution in [0.2, 0.25) is 0 Å². The van der Waals surface area contributed by atoms with E-state index in [1.165, 1.54) is 0 Å². The van der Waals surface area contributed by atoms with Gasteiger partial charge in [-0.05, 0) is 12.8 Å². The van der Waals surface area contributed by atoms with Crippen LogP contribution in [0.5, 0.6) is 0 Å². The molecule has 2 atom stereocenters. The molecule has 94 valence electrons. The van der Waals surface area contributed by atoms with Crippen LogP contribution in [0.4, 0.5) is 0 Å². The van der Waals surface area contributed by atoms with E-state index in [0.29, 0.717) is 0 Å².